The first-order valence-corrected chi connectivity index (χ1v) is 10.1. The van der Waals surface area contributed by atoms with Crippen LogP contribution < -0.4 is 10.2 Å². The molecule has 1 aromatic carbocycles. The van der Waals surface area contributed by atoms with E-state index in [0.717, 1.165) is 10.6 Å². The van der Waals surface area contributed by atoms with Crippen LogP contribution >= 0.6 is 23.4 Å². The summed E-state index contributed by atoms with van der Waals surface area (Å²) < 4.78 is 25.6. The molecule has 0 saturated heterocycles. The van der Waals surface area contributed by atoms with Crippen LogP contribution in [-0.4, -0.2) is 38.0 Å². The Bertz CT molecular complexity index is 843. The fraction of sp³-hybridized carbons (Fsp3) is 0.368. The Hall–Kier alpha value is -1.86. The SMILES string of the molecule is C=Nc1c(Nc2ccc(C3CC3)cc2SC)cc(Cl)nc1N(C)CC(F)F. The molecule has 1 fully saturated rings. The van der Waals surface area contributed by atoms with Crippen molar-refractivity contribution in [1.82, 2.24) is 4.98 Å². The van der Waals surface area contributed by atoms with Crippen molar-refractivity contribution in [3.05, 3.63) is 35.0 Å². The molecule has 1 saturated carbocycles. The summed E-state index contributed by atoms with van der Waals surface area (Å²) in [7, 11) is 1.53. The van der Waals surface area contributed by atoms with Crippen molar-refractivity contribution in [3.8, 4) is 0 Å². The molecule has 0 aliphatic heterocycles. The fourth-order valence-electron chi connectivity index (χ4n) is 2.93. The van der Waals surface area contributed by atoms with Crippen molar-refractivity contribution in [2.45, 2.75) is 30.1 Å². The quantitative estimate of drug-likeness (QED) is 0.323. The van der Waals surface area contributed by atoms with Gasteiger partial charge in [0, 0.05) is 18.0 Å². The molecule has 0 atom stereocenters. The molecule has 1 aromatic heterocycles. The standard InChI is InChI=1S/C19H21ClF2N4S/c1-23-18-14(9-16(20)25-19(18)26(2)10-17(21)22)24-13-7-6-12(11-4-5-11)8-15(13)27-3/h6-9,11,17H,1,4-5,10H2,2-3H3,(H,24,25). The molecule has 144 valence electrons. The number of aliphatic imine (C=N–C) groups is 1. The van der Waals surface area contributed by atoms with Gasteiger partial charge in [-0.25, -0.2) is 13.8 Å². The number of alkyl halides is 2. The van der Waals surface area contributed by atoms with Gasteiger partial charge in [-0.1, -0.05) is 17.7 Å². The molecule has 0 spiro atoms. The van der Waals surface area contributed by atoms with Crippen LogP contribution in [0.2, 0.25) is 5.15 Å². The summed E-state index contributed by atoms with van der Waals surface area (Å²) in [5.41, 5.74) is 3.22. The normalized spacial score (nSPS) is 13.7. The van der Waals surface area contributed by atoms with Crippen LogP contribution in [0.15, 0.2) is 34.2 Å². The van der Waals surface area contributed by atoms with Crippen molar-refractivity contribution in [2.75, 3.05) is 30.1 Å². The molecule has 0 amide bonds. The van der Waals surface area contributed by atoms with Crippen LogP contribution in [0.25, 0.3) is 0 Å². The van der Waals surface area contributed by atoms with Crippen molar-refractivity contribution in [3.63, 3.8) is 0 Å². The third-order valence-electron chi connectivity index (χ3n) is 4.42. The number of rotatable bonds is 8. The number of nitrogens with zero attached hydrogens (tertiary/aromatic N) is 3. The molecule has 8 heteroatoms. The van der Waals surface area contributed by atoms with Gasteiger partial charge in [0.2, 0.25) is 0 Å². The monoisotopic (exact) mass is 410 g/mol. The van der Waals surface area contributed by atoms with Crippen molar-refractivity contribution < 1.29 is 8.78 Å². The molecule has 2 aromatic rings. The minimum absolute atomic E-state index is 0.196. The summed E-state index contributed by atoms with van der Waals surface area (Å²) in [6.07, 6.45) is 2.00. The predicted molar refractivity (Wildman–Crippen MR) is 111 cm³/mol. The van der Waals surface area contributed by atoms with E-state index in [1.165, 1.54) is 30.4 Å². The van der Waals surface area contributed by atoms with Gasteiger partial charge in [-0.3, -0.25) is 4.99 Å². The van der Waals surface area contributed by atoms with Gasteiger partial charge in [-0.05, 0) is 49.4 Å². The molecule has 3 rings (SSSR count). The number of nitrogens with one attached hydrogen (secondary N) is 1. The number of anilines is 3. The van der Waals surface area contributed by atoms with Crippen LogP contribution in [-0.2, 0) is 0 Å². The summed E-state index contributed by atoms with van der Waals surface area (Å²) >= 11 is 7.79. The van der Waals surface area contributed by atoms with Crippen LogP contribution in [0.5, 0.6) is 0 Å². The fourth-order valence-corrected chi connectivity index (χ4v) is 3.71. The molecule has 1 heterocycles. The number of aromatic nitrogens is 1. The molecular weight excluding hydrogens is 390 g/mol. The Labute approximate surface area is 167 Å². The van der Waals surface area contributed by atoms with Gasteiger partial charge >= 0.3 is 0 Å². The second-order valence-corrected chi connectivity index (χ2v) is 7.69. The summed E-state index contributed by atoms with van der Waals surface area (Å²) in [5, 5.41) is 3.52. The van der Waals surface area contributed by atoms with Crippen LogP contribution in [0.3, 0.4) is 0 Å². The zero-order valence-corrected chi connectivity index (χ0v) is 16.7. The van der Waals surface area contributed by atoms with Crippen LogP contribution in [0, 0.1) is 0 Å². The van der Waals surface area contributed by atoms with E-state index in [1.54, 1.807) is 17.8 Å². The summed E-state index contributed by atoms with van der Waals surface area (Å²) in [4.78, 5) is 10.6. The molecule has 1 aliphatic carbocycles. The van der Waals surface area contributed by atoms with E-state index in [9.17, 15) is 8.78 Å². The summed E-state index contributed by atoms with van der Waals surface area (Å²) in [6.45, 7) is 3.11. The molecule has 1 N–H and O–H groups in total. The lowest BCUT2D eigenvalue weighted by Gasteiger charge is -2.22. The smallest absolute Gasteiger partial charge is 0.255 e. The second-order valence-electron chi connectivity index (χ2n) is 6.45. The number of hydrogen-bond acceptors (Lipinski definition) is 5. The third kappa shape index (κ3) is 4.71. The maximum atomic E-state index is 12.8. The topological polar surface area (TPSA) is 40.5 Å². The van der Waals surface area contributed by atoms with Gasteiger partial charge in [0.15, 0.2) is 5.82 Å². The van der Waals surface area contributed by atoms with E-state index in [0.29, 0.717) is 17.3 Å². The average Bonchev–Trinajstić information content (AvgIpc) is 3.46. The lowest BCUT2D eigenvalue weighted by atomic mass is 10.1. The molecule has 0 bridgehead atoms. The number of halogens is 3. The Morgan fingerprint density at radius 1 is 1.37 bits per heavy atom. The summed E-state index contributed by atoms with van der Waals surface area (Å²) in [5.74, 6) is 0.931. The molecule has 27 heavy (non-hydrogen) atoms. The van der Waals surface area contributed by atoms with Crippen LogP contribution in [0.4, 0.5) is 31.7 Å². The highest BCUT2D eigenvalue weighted by molar-refractivity contribution is 7.98. The number of pyridine rings is 1. The first kappa shape index (κ1) is 19.9. The maximum absolute atomic E-state index is 12.8. The van der Waals surface area contributed by atoms with Crippen molar-refractivity contribution >= 4 is 53.0 Å². The lowest BCUT2D eigenvalue weighted by Crippen LogP contribution is -2.25. The van der Waals surface area contributed by atoms with Gasteiger partial charge in [-0.2, -0.15) is 0 Å². The second kappa shape index (κ2) is 8.44. The molecule has 4 nitrogen and oxygen atoms in total. The first-order chi connectivity index (χ1) is 12.9. The van der Waals surface area contributed by atoms with E-state index >= 15 is 0 Å². The van der Waals surface area contributed by atoms with E-state index in [2.05, 4.69) is 34.1 Å². The summed E-state index contributed by atoms with van der Waals surface area (Å²) in [6, 6.07) is 7.97. The maximum Gasteiger partial charge on any atom is 0.255 e. The number of benzene rings is 1. The zero-order chi connectivity index (χ0) is 19.6. The van der Waals surface area contributed by atoms with Gasteiger partial charge < -0.3 is 10.2 Å². The third-order valence-corrected chi connectivity index (χ3v) is 5.39. The minimum Gasteiger partial charge on any atom is -0.353 e. The number of thioether (sulfide) groups is 1. The Kier molecular flexibility index (Phi) is 6.22. The minimum atomic E-state index is -2.50. The highest BCUT2D eigenvalue weighted by atomic mass is 35.5. The van der Waals surface area contributed by atoms with E-state index in [-0.39, 0.29) is 11.0 Å². The highest BCUT2D eigenvalue weighted by Crippen LogP contribution is 2.44. The largest absolute Gasteiger partial charge is 0.353 e. The van der Waals surface area contributed by atoms with Gasteiger partial charge in [0.25, 0.3) is 6.43 Å². The Balaban J connectivity index is 1.96. The predicted octanol–water partition coefficient (Wildman–Crippen LogP) is 6.11. The van der Waals surface area contributed by atoms with Crippen molar-refractivity contribution in [2.24, 2.45) is 4.99 Å². The Morgan fingerprint density at radius 3 is 2.70 bits per heavy atom. The van der Waals surface area contributed by atoms with E-state index < -0.39 is 13.0 Å². The number of hydrogen-bond donors (Lipinski definition) is 1. The first-order valence-electron chi connectivity index (χ1n) is 8.54. The molecular formula is C19H21ClF2N4S. The average molecular weight is 411 g/mol. The zero-order valence-electron chi connectivity index (χ0n) is 15.2. The Morgan fingerprint density at radius 2 is 2.11 bits per heavy atom. The molecule has 0 unspecified atom stereocenters. The van der Waals surface area contributed by atoms with E-state index in [1.807, 2.05) is 12.3 Å². The van der Waals surface area contributed by atoms with Gasteiger partial charge in [0.05, 0.1) is 17.9 Å². The van der Waals surface area contributed by atoms with Gasteiger partial charge in [0.1, 0.15) is 10.8 Å². The van der Waals surface area contributed by atoms with E-state index in [4.69, 9.17) is 11.6 Å². The highest BCUT2D eigenvalue weighted by Gasteiger charge is 2.24. The lowest BCUT2D eigenvalue weighted by molar-refractivity contribution is 0.156. The van der Waals surface area contributed by atoms with Crippen molar-refractivity contribution in [1.29, 1.82) is 0 Å². The van der Waals surface area contributed by atoms with Gasteiger partial charge in [-0.15, -0.1) is 11.8 Å². The molecule has 1 aliphatic rings. The molecule has 0 radical (unpaired) electrons. The van der Waals surface area contributed by atoms with Crippen LogP contribution in [0.1, 0.15) is 24.3 Å².